The van der Waals surface area contributed by atoms with E-state index in [4.69, 9.17) is 14.2 Å². The van der Waals surface area contributed by atoms with Crippen molar-refractivity contribution in [1.82, 2.24) is 64.0 Å². The van der Waals surface area contributed by atoms with Gasteiger partial charge in [-0.3, -0.25) is 32.5 Å². The van der Waals surface area contributed by atoms with Crippen molar-refractivity contribution in [3.8, 4) is 33.8 Å². The van der Waals surface area contributed by atoms with E-state index in [2.05, 4.69) is 89.5 Å². The molecule has 6 aliphatic rings. The van der Waals surface area contributed by atoms with Crippen molar-refractivity contribution in [1.29, 1.82) is 0 Å². The quantitative estimate of drug-likeness (QED) is 0.0473. The molecule has 29 heteroatoms. The number of aliphatic hydroxyl groups excluding tert-OH is 2. The molecule has 0 aliphatic carbocycles. The van der Waals surface area contributed by atoms with Crippen LogP contribution in [0.3, 0.4) is 0 Å². The zero-order valence-electron chi connectivity index (χ0n) is 58.5. The normalized spacial score (nSPS) is 17.8. The number of nitrogens with one attached hydrogen (secondary N) is 6. The molecule has 6 aliphatic heterocycles. The van der Waals surface area contributed by atoms with Crippen molar-refractivity contribution in [2.75, 3.05) is 91.4 Å². The summed E-state index contributed by atoms with van der Waals surface area (Å²) < 4.78 is 63.0. The number of pyridine rings is 6. The predicted octanol–water partition coefficient (Wildman–Crippen LogP) is 10.1. The fourth-order valence-electron chi connectivity index (χ4n) is 14.6. The first-order valence-corrected chi connectivity index (χ1v) is 35.4. The van der Waals surface area contributed by atoms with E-state index >= 15 is 0 Å². The van der Waals surface area contributed by atoms with Gasteiger partial charge in [-0.15, -0.1) is 0 Å². The van der Waals surface area contributed by atoms with Gasteiger partial charge in [-0.1, -0.05) is 24.3 Å². The highest BCUT2D eigenvalue weighted by Crippen LogP contribution is 2.40. The van der Waals surface area contributed by atoms with E-state index in [1.807, 2.05) is 86.1 Å². The molecule has 0 spiro atoms. The molecule has 26 nitrogen and oxygen atoms in total. The van der Waals surface area contributed by atoms with Gasteiger partial charge in [0.2, 0.25) is 0 Å². The van der Waals surface area contributed by atoms with Gasteiger partial charge in [-0.25, -0.2) is 43.1 Å². The molecular formula is C78H75F3N18O8. The number of amides is 3. The van der Waals surface area contributed by atoms with Crippen molar-refractivity contribution in [2.45, 2.75) is 70.9 Å². The maximum atomic E-state index is 13.6. The number of ether oxygens (including phenoxy) is 3. The van der Waals surface area contributed by atoms with E-state index in [0.29, 0.717) is 114 Å². The molecule has 0 unspecified atom stereocenters. The van der Waals surface area contributed by atoms with Gasteiger partial charge < -0.3 is 66.1 Å². The van der Waals surface area contributed by atoms with E-state index in [1.54, 1.807) is 63.4 Å². The molecule has 0 bridgehead atoms. The largest absolute Gasteiger partial charge is 0.391 e. The van der Waals surface area contributed by atoms with Crippen molar-refractivity contribution < 1.29 is 52.0 Å². The Morgan fingerprint density at radius 2 is 0.822 bits per heavy atom. The summed E-state index contributed by atoms with van der Waals surface area (Å²) in [5.41, 5.74) is 15.8. The summed E-state index contributed by atoms with van der Waals surface area (Å²) in [5, 5.41) is 38.3. The molecule has 5 atom stereocenters. The zero-order chi connectivity index (χ0) is 73.6. The second-order valence-corrected chi connectivity index (χ2v) is 26.9. The number of carbonyl (C=O) groups excluding carboxylic acids is 3. The molecule has 107 heavy (non-hydrogen) atoms. The van der Waals surface area contributed by atoms with Gasteiger partial charge in [0.15, 0.2) is 0 Å². The van der Waals surface area contributed by atoms with Crippen LogP contribution in [0.4, 0.5) is 59.1 Å². The summed E-state index contributed by atoms with van der Waals surface area (Å²) in [6.07, 6.45) is 13.9. The summed E-state index contributed by atoms with van der Waals surface area (Å²) >= 11 is 0. The Hall–Kier alpha value is -11.9. The second kappa shape index (κ2) is 29.6. The van der Waals surface area contributed by atoms with Crippen LogP contribution >= 0.6 is 0 Å². The molecule has 8 N–H and O–H groups in total. The number of nitrogens with zero attached hydrogens (tertiary/aromatic N) is 12. The molecule has 546 valence electrons. The van der Waals surface area contributed by atoms with Gasteiger partial charge >= 0.3 is 0 Å². The first kappa shape index (κ1) is 69.5. The molecule has 9 aromatic heterocycles. The lowest BCUT2D eigenvalue weighted by atomic mass is 9.99. The molecule has 3 saturated heterocycles. The highest BCUT2D eigenvalue weighted by Gasteiger charge is 2.33. The van der Waals surface area contributed by atoms with Crippen LogP contribution in [0.25, 0.3) is 50.7 Å². The Kier molecular flexibility index (Phi) is 19.2. The molecule has 12 aromatic rings. The summed E-state index contributed by atoms with van der Waals surface area (Å²) in [7, 11) is 0. The van der Waals surface area contributed by atoms with Crippen LogP contribution in [0.15, 0.2) is 165 Å². The average molecular weight is 1450 g/mol. The fraction of sp³-hybridized carbons (Fsp3) is 0.269. The van der Waals surface area contributed by atoms with E-state index in [9.17, 15) is 37.8 Å². The summed E-state index contributed by atoms with van der Waals surface area (Å²) in [4.78, 5) is 71.7. The maximum Gasteiger partial charge on any atom is 0.254 e. The number of morpholine rings is 3. The molecule has 15 heterocycles. The number of fused-ring (bicyclic) bond motifs is 6. The zero-order valence-corrected chi connectivity index (χ0v) is 58.5. The van der Waals surface area contributed by atoms with Crippen molar-refractivity contribution in [3.05, 3.63) is 221 Å². The molecule has 0 radical (unpaired) electrons. The number of rotatable bonds is 15. The Balaban J connectivity index is 0.000000123. The van der Waals surface area contributed by atoms with Crippen molar-refractivity contribution >= 4 is 80.6 Å². The lowest BCUT2D eigenvalue weighted by Crippen LogP contribution is -2.47. The highest BCUT2D eigenvalue weighted by molar-refractivity contribution is 6.08. The standard InChI is InChI=1S/2C26H25FN6O3.C26H25FN6O2/c2*1-15(34)22-14-32(8-9-36-22)17-2-5-23(28-11-17)31-20-4-3-18(19-12-30-26(35)25(19)20)21-13-29-24-10-16(27)6-7-33(21)24;1-16(32-8-10-35-11-9-32)17-2-5-23(28-13-17)31-21-4-3-19(20-14-30-26(34)25(20)21)22-15-29-24-12-18(27)6-7-33(22)24/h2*2-7,10-11,13,15,22,34H,8-9,12,14H2,1H3,(H,28,31)(H,30,35);2-7,12-13,15-16H,8-11,14H2,1H3,(H,28,31)(H,30,34)/t15-,22+;15-,22-;16-/m100/s1. The van der Waals surface area contributed by atoms with Crippen LogP contribution in [0.5, 0.6) is 0 Å². The first-order valence-electron chi connectivity index (χ1n) is 35.4. The number of aromatic nitrogens is 9. The SMILES string of the molecule is C[C@@H](O)[C@@H]1CN(c2ccc(Nc3ccc(-c4cnc5cc(F)ccn45)c4c3C(=O)NC4)nc2)CCO1.C[C@@H](c1ccc(Nc2ccc(-c3cnc4cc(F)ccn34)c3c2C(=O)NC3)nc1)N1CCOCC1.C[C@H](O)[C@@H]1CN(c2ccc(Nc3ccc(-c4cnc5cc(F)ccn45)c4c3C(=O)NC4)nc2)CCO1. The Bertz CT molecular complexity index is 5140. The summed E-state index contributed by atoms with van der Waals surface area (Å²) in [5.74, 6) is 0.385. The minimum absolute atomic E-state index is 0.137. The van der Waals surface area contributed by atoms with Crippen LogP contribution in [0.1, 0.15) is 80.1 Å². The molecule has 0 saturated carbocycles. The number of benzene rings is 3. The van der Waals surface area contributed by atoms with Gasteiger partial charge in [0, 0.05) is 125 Å². The van der Waals surface area contributed by atoms with Crippen LogP contribution in [0.2, 0.25) is 0 Å². The lowest BCUT2D eigenvalue weighted by Gasteiger charge is -2.35. The van der Waals surface area contributed by atoms with Gasteiger partial charge in [0.05, 0.1) is 132 Å². The third-order valence-corrected chi connectivity index (χ3v) is 20.3. The second-order valence-electron chi connectivity index (χ2n) is 26.9. The topological polar surface area (TPSA) is 292 Å². The van der Waals surface area contributed by atoms with E-state index in [1.165, 1.54) is 36.4 Å². The van der Waals surface area contributed by atoms with Crippen LogP contribution in [0, 0.1) is 17.5 Å². The summed E-state index contributed by atoms with van der Waals surface area (Å²) in [6, 6.07) is 31.7. The minimum Gasteiger partial charge on any atom is -0.391 e. The van der Waals surface area contributed by atoms with Gasteiger partial charge in [-0.05, 0) is 110 Å². The molecule has 3 aromatic carbocycles. The number of hydrogen-bond acceptors (Lipinski definition) is 20. The lowest BCUT2D eigenvalue weighted by molar-refractivity contribution is -0.0364. The Morgan fingerprint density at radius 1 is 0.449 bits per heavy atom. The van der Waals surface area contributed by atoms with Crippen LogP contribution < -0.4 is 41.7 Å². The van der Waals surface area contributed by atoms with Gasteiger partial charge in [-0.2, -0.15) is 0 Å². The highest BCUT2D eigenvalue weighted by atomic mass is 19.1. The van der Waals surface area contributed by atoms with E-state index < -0.39 is 12.2 Å². The first-order chi connectivity index (χ1) is 52.0. The smallest absolute Gasteiger partial charge is 0.254 e. The maximum absolute atomic E-state index is 13.6. The molecule has 3 amide bonds. The third kappa shape index (κ3) is 14.1. The minimum atomic E-state index is -0.542. The molecule has 18 rings (SSSR count). The van der Waals surface area contributed by atoms with Crippen LogP contribution in [-0.2, 0) is 33.8 Å². The van der Waals surface area contributed by atoms with Gasteiger partial charge in [0.25, 0.3) is 17.7 Å². The third-order valence-electron chi connectivity index (χ3n) is 20.3. The average Bonchev–Trinajstić information content (AvgIpc) is 1.62. The van der Waals surface area contributed by atoms with E-state index in [0.717, 1.165) is 107 Å². The number of aliphatic hydroxyl groups is 2. The number of imidazole rings is 3. The van der Waals surface area contributed by atoms with Crippen LogP contribution in [-0.4, -0.2) is 166 Å². The predicted molar refractivity (Wildman–Crippen MR) is 396 cm³/mol. The Morgan fingerprint density at radius 3 is 1.17 bits per heavy atom. The van der Waals surface area contributed by atoms with Crippen molar-refractivity contribution in [2.24, 2.45) is 0 Å². The number of anilines is 8. The van der Waals surface area contributed by atoms with Gasteiger partial charge in [0.1, 0.15) is 64.1 Å². The number of carbonyl (C=O) groups is 3. The van der Waals surface area contributed by atoms with Crippen molar-refractivity contribution in [3.63, 3.8) is 0 Å². The number of halogens is 3. The molecular weight excluding hydrogens is 1370 g/mol. The monoisotopic (exact) mass is 1450 g/mol. The fourth-order valence-corrected chi connectivity index (χ4v) is 14.6. The number of hydrogen-bond donors (Lipinski definition) is 8. The Labute approximate surface area is 611 Å². The molecule has 3 fully saturated rings. The summed E-state index contributed by atoms with van der Waals surface area (Å²) in [6.45, 7) is 13.9. The van der Waals surface area contributed by atoms with E-state index in [-0.39, 0.29) is 53.4 Å².